The Balaban J connectivity index is 1.60. The summed E-state index contributed by atoms with van der Waals surface area (Å²) in [6, 6.07) is 15.5. The van der Waals surface area contributed by atoms with E-state index in [2.05, 4.69) is 26.6 Å². The molecule has 0 aliphatic heterocycles. The van der Waals surface area contributed by atoms with Crippen LogP contribution in [-0.4, -0.2) is 18.9 Å². The second kappa shape index (κ2) is 9.05. The molecule has 142 valence electrons. The van der Waals surface area contributed by atoms with Crippen molar-refractivity contribution in [3.63, 3.8) is 0 Å². The molecular weight excluding hydrogens is 424 g/mol. The van der Waals surface area contributed by atoms with Crippen molar-refractivity contribution in [2.24, 2.45) is 0 Å². The van der Waals surface area contributed by atoms with Crippen molar-refractivity contribution >= 4 is 45.2 Å². The van der Waals surface area contributed by atoms with Gasteiger partial charge in [-0.1, -0.05) is 15.9 Å². The van der Waals surface area contributed by atoms with Crippen molar-refractivity contribution in [3.8, 4) is 5.75 Å². The molecule has 3 aromatic rings. The number of carbonyl (C=O) groups excluding carboxylic acids is 2. The molecule has 2 amide bonds. The first-order valence-electron chi connectivity index (χ1n) is 8.32. The highest BCUT2D eigenvalue weighted by molar-refractivity contribution is 9.10. The van der Waals surface area contributed by atoms with Gasteiger partial charge in [0.05, 0.1) is 13.4 Å². The first kappa shape index (κ1) is 19.4. The molecule has 0 aliphatic rings. The highest BCUT2D eigenvalue weighted by Gasteiger charge is 2.08. The maximum Gasteiger partial charge on any atom is 0.291 e. The third kappa shape index (κ3) is 5.11. The minimum Gasteiger partial charge on any atom is -0.496 e. The van der Waals surface area contributed by atoms with Crippen LogP contribution in [0.25, 0.3) is 6.08 Å². The summed E-state index contributed by atoms with van der Waals surface area (Å²) in [5, 5.41) is 5.47. The van der Waals surface area contributed by atoms with E-state index < -0.39 is 0 Å². The maximum atomic E-state index is 12.2. The number of nitrogens with one attached hydrogen (secondary N) is 2. The Hall–Kier alpha value is -3.32. The van der Waals surface area contributed by atoms with Gasteiger partial charge in [-0.05, 0) is 60.7 Å². The quantitative estimate of drug-likeness (QED) is 0.531. The Labute approximate surface area is 170 Å². The molecular formula is C21H17BrN2O4. The summed E-state index contributed by atoms with van der Waals surface area (Å²) in [5.74, 6) is 0.275. The molecule has 2 aromatic carbocycles. The van der Waals surface area contributed by atoms with Crippen LogP contribution in [0.2, 0.25) is 0 Å². The Bertz CT molecular complexity index is 996. The summed E-state index contributed by atoms with van der Waals surface area (Å²) in [5.41, 5.74) is 1.98. The molecule has 0 atom stereocenters. The lowest BCUT2D eigenvalue weighted by Crippen LogP contribution is -2.11. The number of carbonyl (C=O) groups is 2. The molecule has 6 nitrogen and oxygen atoms in total. The van der Waals surface area contributed by atoms with Gasteiger partial charge in [0.2, 0.25) is 5.91 Å². The van der Waals surface area contributed by atoms with Crippen LogP contribution in [0.5, 0.6) is 5.75 Å². The molecule has 0 unspecified atom stereocenters. The predicted molar refractivity (Wildman–Crippen MR) is 111 cm³/mol. The highest BCUT2D eigenvalue weighted by atomic mass is 79.9. The first-order chi connectivity index (χ1) is 13.5. The molecule has 1 aromatic heterocycles. The number of hydrogen-bond donors (Lipinski definition) is 2. The molecule has 0 radical (unpaired) electrons. The van der Waals surface area contributed by atoms with Crippen molar-refractivity contribution in [2.45, 2.75) is 0 Å². The van der Waals surface area contributed by atoms with E-state index in [9.17, 15) is 9.59 Å². The van der Waals surface area contributed by atoms with E-state index >= 15 is 0 Å². The number of ether oxygens (including phenoxy) is 1. The number of benzene rings is 2. The SMILES string of the molecule is COc1ccc(Br)cc1/C=C/C(=O)Nc1ccc(NC(=O)c2ccco2)cc1. The largest absolute Gasteiger partial charge is 0.496 e. The van der Waals surface area contributed by atoms with Crippen molar-refractivity contribution in [1.82, 2.24) is 0 Å². The van der Waals surface area contributed by atoms with E-state index in [4.69, 9.17) is 9.15 Å². The molecule has 0 fully saturated rings. The van der Waals surface area contributed by atoms with Crippen LogP contribution >= 0.6 is 15.9 Å². The van der Waals surface area contributed by atoms with E-state index in [0.717, 1.165) is 10.0 Å². The van der Waals surface area contributed by atoms with Crippen molar-refractivity contribution in [3.05, 3.63) is 82.7 Å². The lowest BCUT2D eigenvalue weighted by Gasteiger charge is -2.07. The van der Waals surface area contributed by atoms with E-state index in [0.29, 0.717) is 17.1 Å². The van der Waals surface area contributed by atoms with Gasteiger partial charge in [0.1, 0.15) is 5.75 Å². The summed E-state index contributed by atoms with van der Waals surface area (Å²) >= 11 is 3.40. The second-order valence-electron chi connectivity index (χ2n) is 5.72. The fraction of sp³-hybridized carbons (Fsp3) is 0.0476. The zero-order valence-electron chi connectivity index (χ0n) is 14.9. The van der Waals surface area contributed by atoms with Crippen LogP contribution in [0.4, 0.5) is 11.4 Å². The van der Waals surface area contributed by atoms with Crippen LogP contribution < -0.4 is 15.4 Å². The molecule has 7 heteroatoms. The van der Waals surface area contributed by atoms with Crippen molar-refractivity contribution in [2.75, 3.05) is 17.7 Å². The van der Waals surface area contributed by atoms with Gasteiger partial charge >= 0.3 is 0 Å². The molecule has 0 aliphatic carbocycles. The first-order valence-corrected chi connectivity index (χ1v) is 9.12. The van der Waals surface area contributed by atoms with Gasteiger partial charge in [-0.25, -0.2) is 0 Å². The summed E-state index contributed by atoms with van der Waals surface area (Å²) < 4.78 is 11.2. The lowest BCUT2D eigenvalue weighted by atomic mass is 10.2. The molecule has 0 bridgehead atoms. The van der Waals surface area contributed by atoms with E-state index in [1.165, 1.54) is 12.3 Å². The number of rotatable bonds is 6. The average molecular weight is 441 g/mol. The Morgan fingerprint density at radius 3 is 2.39 bits per heavy atom. The Morgan fingerprint density at radius 2 is 1.75 bits per heavy atom. The standard InChI is InChI=1S/C21H17BrN2O4/c1-27-18-10-5-15(22)13-14(18)4-11-20(25)23-16-6-8-17(9-7-16)24-21(26)19-3-2-12-28-19/h2-13H,1H3,(H,23,25)(H,24,26)/b11-4+. The normalized spacial score (nSPS) is 10.6. The minimum atomic E-state index is -0.340. The van der Waals surface area contributed by atoms with Crippen LogP contribution in [-0.2, 0) is 4.79 Å². The minimum absolute atomic E-state index is 0.227. The number of hydrogen-bond acceptors (Lipinski definition) is 4. The predicted octanol–water partition coefficient (Wildman–Crippen LogP) is 4.95. The lowest BCUT2D eigenvalue weighted by molar-refractivity contribution is -0.111. The number of methoxy groups -OCH3 is 1. The summed E-state index contributed by atoms with van der Waals surface area (Å²) in [6.45, 7) is 0. The van der Waals surface area contributed by atoms with Gasteiger partial charge in [0.15, 0.2) is 5.76 Å². The second-order valence-corrected chi connectivity index (χ2v) is 6.63. The van der Waals surface area contributed by atoms with Gasteiger partial charge in [-0.3, -0.25) is 9.59 Å². The zero-order chi connectivity index (χ0) is 19.9. The number of amides is 2. The fourth-order valence-corrected chi connectivity index (χ4v) is 2.80. The third-order valence-electron chi connectivity index (χ3n) is 3.76. The molecule has 0 spiro atoms. The smallest absolute Gasteiger partial charge is 0.291 e. The number of furan rings is 1. The van der Waals surface area contributed by atoms with Crippen LogP contribution in [0, 0.1) is 0 Å². The summed E-state index contributed by atoms with van der Waals surface area (Å²) in [6.07, 6.45) is 4.54. The van der Waals surface area contributed by atoms with Crippen molar-refractivity contribution < 1.29 is 18.7 Å². The van der Waals surface area contributed by atoms with Crippen molar-refractivity contribution in [1.29, 1.82) is 0 Å². The maximum absolute atomic E-state index is 12.2. The van der Waals surface area contributed by atoms with E-state index in [1.54, 1.807) is 49.6 Å². The Kier molecular flexibility index (Phi) is 6.29. The zero-order valence-corrected chi connectivity index (χ0v) is 16.5. The molecule has 0 saturated carbocycles. The topological polar surface area (TPSA) is 80.6 Å². The fourth-order valence-electron chi connectivity index (χ4n) is 2.42. The number of anilines is 2. The van der Waals surface area contributed by atoms with Crippen LogP contribution in [0.1, 0.15) is 16.1 Å². The van der Waals surface area contributed by atoms with Gasteiger partial charge in [-0.2, -0.15) is 0 Å². The van der Waals surface area contributed by atoms with Gasteiger partial charge in [0, 0.05) is 27.5 Å². The molecule has 3 rings (SSSR count). The monoisotopic (exact) mass is 440 g/mol. The average Bonchev–Trinajstić information content (AvgIpc) is 3.23. The molecule has 1 heterocycles. The molecule has 28 heavy (non-hydrogen) atoms. The summed E-state index contributed by atoms with van der Waals surface area (Å²) in [4.78, 5) is 24.1. The third-order valence-corrected chi connectivity index (χ3v) is 4.25. The van der Waals surface area contributed by atoms with E-state index in [-0.39, 0.29) is 17.6 Å². The summed E-state index contributed by atoms with van der Waals surface area (Å²) in [7, 11) is 1.58. The van der Waals surface area contributed by atoms with Gasteiger partial charge < -0.3 is 19.8 Å². The van der Waals surface area contributed by atoms with Crippen LogP contribution in [0.15, 0.2) is 75.8 Å². The molecule has 0 saturated heterocycles. The van der Waals surface area contributed by atoms with Crippen LogP contribution in [0.3, 0.4) is 0 Å². The Morgan fingerprint density at radius 1 is 1.04 bits per heavy atom. The molecule has 2 N–H and O–H groups in total. The number of halogens is 1. The highest BCUT2D eigenvalue weighted by Crippen LogP contribution is 2.24. The van der Waals surface area contributed by atoms with E-state index in [1.807, 2.05) is 18.2 Å². The van der Waals surface area contributed by atoms with Gasteiger partial charge in [0.25, 0.3) is 5.91 Å². The van der Waals surface area contributed by atoms with Gasteiger partial charge in [-0.15, -0.1) is 0 Å².